The Labute approximate surface area is 49.4 Å². The van der Waals surface area contributed by atoms with Crippen LogP contribution in [0.2, 0.25) is 0 Å². The summed E-state index contributed by atoms with van der Waals surface area (Å²) in [5.74, 6) is 0.514. The van der Waals surface area contributed by atoms with Crippen LogP contribution in [0.25, 0.3) is 0 Å². The summed E-state index contributed by atoms with van der Waals surface area (Å²) in [6, 6.07) is 0. The molecule has 0 bridgehead atoms. The molecule has 0 saturated carbocycles. The Bertz CT molecular complexity index is 92.5. The number of hydroxylamine groups is 2. The Balaban J connectivity index is 2.32. The molecule has 1 atom stereocenters. The third-order valence-corrected chi connectivity index (χ3v) is 1.54. The zero-order valence-corrected chi connectivity index (χ0v) is 4.88. The van der Waals surface area contributed by atoms with Crippen LogP contribution in [-0.2, 0) is 0 Å². The van der Waals surface area contributed by atoms with Gasteiger partial charge in [-0.25, -0.2) is 0 Å². The van der Waals surface area contributed by atoms with E-state index >= 15 is 0 Å². The minimum absolute atomic E-state index is 0.514. The molecule has 46 valence electrons. The molecule has 2 nitrogen and oxygen atoms in total. The normalized spacial score (nSPS) is 30.9. The van der Waals surface area contributed by atoms with Crippen LogP contribution in [0.3, 0.4) is 0 Å². The van der Waals surface area contributed by atoms with Crippen LogP contribution in [-0.4, -0.2) is 23.4 Å². The van der Waals surface area contributed by atoms with Crippen molar-refractivity contribution < 1.29 is 5.21 Å². The molecule has 1 N–H and O–H groups in total. The molecule has 0 radical (unpaired) electrons. The summed E-state index contributed by atoms with van der Waals surface area (Å²) in [6.07, 6.45) is 2.95. The Hall–Kier alpha value is -0.340. The minimum Gasteiger partial charge on any atom is -0.314 e. The van der Waals surface area contributed by atoms with Gasteiger partial charge in [-0.15, -0.1) is 6.58 Å². The van der Waals surface area contributed by atoms with Crippen molar-refractivity contribution in [2.24, 2.45) is 5.92 Å². The molecule has 1 aliphatic rings. The highest BCUT2D eigenvalue weighted by Gasteiger charge is 2.16. The van der Waals surface area contributed by atoms with E-state index in [0.29, 0.717) is 5.92 Å². The Kier molecular flexibility index (Phi) is 1.65. The standard InChI is InChI=1S/C6H11NO/c1-2-6-3-4-7(8)5-6/h2,6,8H,1,3-5H2. The van der Waals surface area contributed by atoms with Gasteiger partial charge in [0, 0.05) is 13.1 Å². The number of hydrogen-bond acceptors (Lipinski definition) is 2. The first kappa shape index (κ1) is 5.79. The van der Waals surface area contributed by atoms with Gasteiger partial charge in [-0.2, -0.15) is 5.06 Å². The molecular formula is C6H11NO. The zero-order valence-electron chi connectivity index (χ0n) is 4.88. The highest BCUT2D eigenvalue weighted by Crippen LogP contribution is 2.13. The second kappa shape index (κ2) is 2.29. The molecule has 1 aliphatic heterocycles. The summed E-state index contributed by atoms with van der Waals surface area (Å²) >= 11 is 0. The van der Waals surface area contributed by atoms with Gasteiger partial charge in [0.25, 0.3) is 0 Å². The van der Waals surface area contributed by atoms with Gasteiger partial charge in [-0.05, 0) is 12.3 Å². The first-order valence-corrected chi connectivity index (χ1v) is 2.89. The van der Waals surface area contributed by atoms with Crippen LogP contribution in [0.15, 0.2) is 12.7 Å². The lowest BCUT2D eigenvalue weighted by molar-refractivity contribution is -0.0699. The van der Waals surface area contributed by atoms with E-state index in [9.17, 15) is 0 Å². The first-order valence-electron chi connectivity index (χ1n) is 2.89. The van der Waals surface area contributed by atoms with Gasteiger partial charge in [0.05, 0.1) is 0 Å². The average molecular weight is 113 g/mol. The maximum absolute atomic E-state index is 8.82. The molecule has 2 heteroatoms. The van der Waals surface area contributed by atoms with Crippen molar-refractivity contribution in [3.05, 3.63) is 12.7 Å². The van der Waals surface area contributed by atoms with E-state index in [2.05, 4.69) is 6.58 Å². The van der Waals surface area contributed by atoms with Crippen molar-refractivity contribution in [3.8, 4) is 0 Å². The number of nitrogens with zero attached hydrogens (tertiary/aromatic N) is 1. The average Bonchev–Trinajstić information content (AvgIpc) is 2.14. The molecule has 1 rings (SSSR count). The van der Waals surface area contributed by atoms with Gasteiger partial charge in [-0.3, -0.25) is 0 Å². The van der Waals surface area contributed by atoms with E-state index in [-0.39, 0.29) is 0 Å². The quantitative estimate of drug-likeness (QED) is 0.510. The topological polar surface area (TPSA) is 23.5 Å². The van der Waals surface area contributed by atoms with E-state index in [1.807, 2.05) is 6.08 Å². The molecule has 0 aromatic rings. The van der Waals surface area contributed by atoms with Crippen molar-refractivity contribution in [1.82, 2.24) is 5.06 Å². The number of hydrogen-bond donors (Lipinski definition) is 1. The fourth-order valence-corrected chi connectivity index (χ4v) is 0.961. The zero-order chi connectivity index (χ0) is 5.98. The summed E-state index contributed by atoms with van der Waals surface area (Å²) in [6.45, 7) is 5.21. The smallest absolute Gasteiger partial charge is 0.0301 e. The van der Waals surface area contributed by atoms with Crippen LogP contribution >= 0.6 is 0 Å². The van der Waals surface area contributed by atoms with Crippen molar-refractivity contribution in [2.45, 2.75) is 6.42 Å². The molecule has 1 saturated heterocycles. The Morgan fingerprint density at radius 1 is 1.75 bits per heavy atom. The van der Waals surface area contributed by atoms with Gasteiger partial charge >= 0.3 is 0 Å². The van der Waals surface area contributed by atoms with Gasteiger partial charge in [-0.1, -0.05) is 6.08 Å². The van der Waals surface area contributed by atoms with Crippen LogP contribution in [0.4, 0.5) is 0 Å². The van der Waals surface area contributed by atoms with Crippen LogP contribution in [0, 0.1) is 5.92 Å². The van der Waals surface area contributed by atoms with Gasteiger partial charge < -0.3 is 5.21 Å². The van der Waals surface area contributed by atoms with Crippen LogP contribution in [0.1, 0.15) is 6.42 Å². The highest BCUT2D eigenvalue weighted by molar-refractivity contribution is 4.84. The molecule has 0 spiro atoms. The largest absolute Gasteiger partial charge is 0.314 e. The van der Waals surface area contributed by atoms with Crippen molar-refractivity contribution in [2.75, 3.05) is 13.1 Å². The molecule has 0 aliphatic carbocycles. The molecular weight excluding hydrogens is 102 g/mol. The van der Waals surface area contributed by atoms with Gasteiger partial charge in [0.15, 0.2) is 0 Å². The molecule has 1 heterocycles. The lowest BCUT2D eigenvalue weighted by Gasteiger charge is -2.02. The van der Waals surface area contributed by atoms with Crippen LogP contribution in [0.5, 0.6) is 0 Å². The van der Waals surface area contributed by atoms with E-state index in [4.69, 9.17) is 5.21 Å². The van der Waals surface area contributed by atoms with E-state index in [1.54, 1.807) is 0 Å². The lowest BCUT2D eigenvalue weighted by atomic mass is 10.1. The third kappa shape index (κ3) is 1.08. The van der Waals surface area contributed by atoms with Gasteiger partial charge in [0.1, 0.15) is 0 Å². The van der Waals surface area contributed by atoms with Crippen molar-refractivity contribution in [3.63, 3.8) is 0 Å². The predicted octanol–water partition coefficient (Wildman–Crippen LogP) is 0.883. The monoisotopic (exact) mass is 113 g/mol. The Morgan fingerprint density at radius 2 is 2.50 bits per heavy atom. The molecule has 0 aromatic heterocycles. The van der Waals surface area contributed by atoms with Crippen molar-refractivity contribution >= 4 is 0 Å². The summed E-state index contributed by atoms with van der Waals surface area (Å²) in [7, 11) is 0. The highest BCUT2D eigenvalue weighted by atomic mass is 16.5. The molecule has 1 fully saturated rings. The summed E-state index contributed by atoms with van der Waals surface area (Å²) in [4.78, 5) is 0. The van der Waals surface area contributed by atoms with Gasteiger partial charge in [0.2, 0.25) is 0 Å². The summed E-state index contributed by atoms with van der Waals surface area (Å²) in [5, 5.41) is 10.2. The van der Waals surface area contributed by atoms with E-state index in [0.717, 1.165) is 19.5 Å². The molecule has 0 amide bonds. The second-order valence-corrected chi connectivity index (χ2v) is 2.20. The van der Waals surface area contributed by atoms with E-state index in [1.165, 1.54) is 5.06 Å². The first-order chi connectivity index (χ1) is 3.83. The fraction of sp³-hybridized carbons (Fsp3) is 0.667. The Morgan fingerprint density at radius 3 is 2.75 bits per heavy atom. The maximum Gasteiger partial charge on any atom is 0.0301 e. The van der Waals surface area contributed by atoms with E-state index < -0.39 is 0 Å². The predicted molar refractivity (Wildman–Crippen MR) is 31.7 cm³/mol. The van der Waals surface area contributed by atoms with Crippen LogP contribution < -0.4 is 0 Å². The van der Waals surface area contributed by atoms with Crippen molar-refractivity contribution in [1.29, 1.82) is 0 Å². The maximum atomic E-state index is 8.82. The SMILES string of the molecule is C=CC1CCN(O)C1. The lowest BCUT2D eigenvalue weighted by Crippen LogP contribution is -2.13. The third-order valence-electron chi connectivity index (χ3n) is 1.54. The number of rotatable bonds is 1. The molecule has 8 heavy (non-hydrogen) atoms. The fourth-order valence-electron chi connectivity index (χ4n) is 0.961. The molecule has 1 unspecified atom stereocenters. The second-order valence-electron chi connectivity index (χ2n) is 2.20. The summed E-state index contributed by atoms with van der Waals surface area (Å²) < 4.78 is 0. The molecule has 0 aromatic carbocycles. The summed E-state index contributed by atoms with van der Waals surface area (Å²) in [5.41, 5.74) is 0. The minimum atomic E-state index is 0.514.